The highest BCUT2D eigenvalue weighted by atomic mass is 32.2. The lowest BCUT2D eigenvalue weighted by Gasteiger charge is -2.45. The molecule has 0 aromatic carbocycles. The van der Waals surface area contributed by atoms with Gasteiger partial charge in [-0.15, -0.1) is 0 Å². The summed E-state index contributed by atoms with van der Waals surface area (Å²) in [6, 6.07) is 2.22. The Hall–Kier alpha value is -1.57. The third kappa shape index (κ3) is 4.81. The average molecular weight is 549 g/mol. The number of aromatic nitrogens is 1. The number of piperazine rings is 1. The molecule has 12 heteroatoms. The van der Waals surface area contributed by atoms with Crippen molar-refractivity contribution in [2.24, 2.45) is 0 Å². The molecule has 1 saturated carbocycles. The molecule has 4 bridgehead atoms. The molecule has 5 aliphatic heterocycles. The number of carbonyl (C=O) groups excluding carboxylic acids is 1. The average Bonchev–Trinajstić information content (AvgIpc) is 3.50. The minimum Gasteiger partial charge on any atom is -0.379 e. The van der Waals surface area contributed by atoms with Crippen molar-refractivity contribution in [3.63, 3.8) is 0 Å². The van der Waals surface area contributed by atoms with Crippen LogP contribution in [0.3, 0.4) is 0 Å². The van der Waals surface area contributed by atoms with Gasteiger partial charge in [0.1, 0.15) is 5.76 Å². The van der Waals surface area contributed by atoms with Crippen molar-refractivity contribution in [2.45, 2.75) is 87.5 Å². The summed E-state index contributed by atoms with van der Waals surface area (Å²) in [4.78, 5) is 17.8. The molecule has 11 nitrogen and oxygen atoms in total. The van der Waals surface area contributed by atoms with Gasteiger partial charge in [0.25, 0.3) is 16.1 Å². The molecule has 1 aromatic heterocycles. The highest BCUT2D eigenvalue weighted by Gasteiger charge is 2.52. The molecule has 1 N–H and O–H groups in total. The number of hydrogen-bond acceptors (Lipinski definition) is 8. The first-order chi connectivity index (χ1) is 18.5. The van der Waals surface area contributed by atoms with Crippen LogP contribution in [-0.4, -0.2) is 121 Å². The van der Waals surface area contributed by atoms with E-state index in [1.54, 1.807) is 14.7 Å². The van der Waals surface area contributed by atoms with Crippen LogP contribution in [0.15, 0.2) is 10.6 Å². The third-order valence-corrected chi connectivity index (χ3v) is 11.8. The maximum absolute atomic E-state index is 14.0. The van der Waals surface area contributed by atoms with Crippen LogP contribution in [0.5, 0.6) is 0 Å². The summed E-state index contributed by atoms with van der Waals surface area (Å²) in [5.41, 5.74) is 0.330. The number of nitrogens with zero attached hydrogens (tertiary/aromatic N) is 5. The highest BCUT2D eigenvalue weighted by molar-refractivity contribution is 7.86. The number of ether oxygens (including phenoxy) is 1. The van der Waals surface area contributed by atoms with Crippen LogP contribution in [0.1, 0.15) is 73.5 Å². The number of nitrogens with one attached hydrogen (secondary N) is 1. The molecule has 0 spiro atoms. The van der Waals surface area contributed by atoms with Crippen LogP contribution >= 0.6 is 0 Å². The second-order valence-corrected chi connectivity index (χ2v) is 14.0. The monoisotopic (exact) mass is 548 g/mol. The Balaban J connectivity index is 0.960. The molecule has 6 aliphatic rings. The lowest BCUT2D eigenvalue weighted by atomic mass is 9.99. The van der Waals surface area contributed by atoms with Gasteiger partial charge in [-0.1, -0.05) is 5.16 Å². The van der Waals surface area contributed by atoms with Crippen molar-refractivity contribution in [1.29, 1.82) is 0 Å². The van der Waals surface area contributed by atoms with Gasteiger partial charge in [0, 0.05) is 81.5 Å². The van der Waals surface area contributed by atoms with Crippen molar-refractivity contribution in [3.05, 3.63) is 17.5 Å². The van der Waals surface area contributed by atoms with Gasteiger partial charge in [0.05, 0.1) is 13.2 Å². The predicted molar refractivity (Wildman–Crippen MR) is 139 cm³/mol. The van der Waals surface area contributed by atoms with E-state index >= 15 is 0 Å². The Morgan fingerprint density at radius 3 is 2.26 bits per heavy atom. The molecule has 0 radical (unpaired) electrons. The quantitative estimate of drug-likeness (QED) is 0.512. The van der Waals surface area contributed by atoms with E-state index in [0.29, 0.717) is 49.6 Å². The molecule has 38 heavy (non-hydrogen) atoms. The number of carbonyl (C=O) groups is 1. The number of piperidine rings is 1. The normalized spacial score (nSPS) is 35.1. The third-order valence-electron chi connectivity index (χ3n) is 9.71. The van der Waals surface area contributed by atoms with Crippen molar-refractivity contribution in [1.82, 2.24) is 28.9 Å². The van der Waals surface area contributed by atoms with Gasteiger partial charge >= 0.3 is 0 Å². The van der Waals surface area contributed by atoms with Crippen LogP contribution in [-0.2, 0) is 14.9 Å². The molecule has 210 valence electrons. The molecular formula is C26H40N6O5S. The summed E-state index contributed by atoms with van der Waals surface area (Å²) in [5, 5.41) is 7.08. The zero-order valence-corrected chi connectivity index (χ0v) is 22.9. The Kier molecular flexibility index (Phi) is 6.76. The van der Waals surface area contributed by atoms with Gasteiger partial charge in [-0.05, 0) is 51.4 Å². The Bertz CT molecular complexity index is 1110. The standard InChI is InChI=1S/C26H40N6O5S/c33-26(24-15-25(37-28-24)18-1-2-18)27-19-13-20-3-4-21(14-19)32(20)38(34,35)30-16-22-5-6-23(17-30)31(22)8-7-29-9-11-36-12-10-29/h15,18-23H,1-14,16-17H2,(H,27,33)/t19?,20-,21+,22?,23?. The largest absolute Gasteiger partial charge is 0.379 e. The van der Waals surface area contributed by atoms with Crippen LogP contribution < -0.4 is 5.32 Å². The molecule has 6 heterocycles. The Labute approximate surface area is 225 Å². The minimum absolute atomic E-state index is 0.0410. The second-order valence-electron chi connectivity index (χ2n) is 12.1. The molecule has 5 saturated heterocycles. The van der Waals surface area contributed by atoms with E-state index in [9.17, 15) is 13.2 Å². The first-order valence-electron chi connectivity index (χ1n) is 14.6. The lowest BCUT2D eigenvalue weighted by molar-refractivity contribution is 0.0247. The topological polar surface area (TPSA) is 111 Å². The fourth-order valence-electron chi connectivity index (χ4n) is 7.56. The van der Waals surface area contributed by atoms with Crippen LogP contribution in [0, 0.1) is 0 Å². The van der Waals surface area contributed by atoms with E-state index in [1.165, 1.54) is 0 Å². The SMILES string of the molecule is O=C(NC1C[C@H]2CC[C@@H](C1)N2S(=O)(=O)N1CC2CCC(C1)N2CCN1CCOCC1)c1cc(C2CC2)on1. The number of rotatable bonds is 8. The van der Waals surface area contributed by atoms with Crippen molar-refractivity contribution >= 4 is 16.1 Å². The lowest BCUT2D eigenvalue weighted by Crippen LogP contribution is -2.62. The summed E-state index contributed by atoms with van der Waals surface area (Å²) >= 11 is 0. The van der Waals surface area contributed by atoms with Crippen molar-refractivity contribution in [2.75, 3.05) is 52.5 Å². The van der Waals surface area contributed by atoms with Crippen molar-refractivity contribution in [3.8, 4) is 0 Å². The van der Waals surface area contributed by atoms with Gasteiger partial charge in [-0.2, -0.15) is 17.0 Å². The molecule has 7 rings (SSSR count). The molecule has 1 aliphatic carbocycles. The molecule has 1 aromatic rings. The smallest absolute Gasteiger partial charge is 0.282 e. The molecule has 1 amide bonds. The van der Waals surface area contributed by atoms with Crippen LogP contribution in [0.2, 0.25) is 0 Å². The van der Waals surface area contributed by atoms with E-state index in [1.807, 2.05) is 0 Å². The number of amides is 1. The molecule has 6 fully saturated rings. The van der Waals surface area contributed by atoms with Gasteiger partial charge < -0.3 is 14.6 Å². The first-order valence-corrected chi connectivity index (χ1v) is 16.0. The van der Waals surface area contributed by atoms with E-state index in [4.69, 9.17) is 9.26 Å². The fourth-order valence-corrected chi connectivity index (χ4v) is 9.69. The van der Waals surface area contributed by atoms with E-state index in [2.05, 4.69) is 20.3 Å². The number of morpholine rings is 1. The number of fused-ring (bicyclic) bond motifs is 4. The summed E-state index contributed by atoms with van der Waals surface area (Å²) < 4.78 is 42.3. The highest BCUT2D eigenvalue weighted by Crippen LogP contribution is 2.42. The molecular weight excluding hydrogens is 508 g/mol. The molecule has 3 unspecified atom stereocenters. The van der Waals surface area contributed by atoms with Gasteiger partial charge in [0.2, 0.25) is 0 Å². The van der Waals surface area contributed by atoms with E-state index in [-0.39, 0.29) is 24.0 Å². The van der Waals surface area contributed by atoms with Crippen LogP contribution in [0.25, 0.3) is 0 Å². The zero-order chi connectivity index (χ0) is 25.9. The second kappa shape index (κ2) is 10.1. The first kappa shape index (κ1) is 25.4. The van der Waals surface area contributed by atoms with Gasteiger partial charge in [-0.25, -0.2) is 0 Å². The summed E-state index contributed by atoms with van der Waals surface area (Å²) in [7, 11) is -3.54. The van der Waals surface area contributed by atoms with E-state index in [0.717, 1.165) is 83.7 Å². The summed E-state index contributed by atoms with van der Waals surface area (Å²) in [6.07, 6.45) is 7.37. The summed E-state index contributed by atoms with van der Waals surface area (Å²) in [6.45, 7) is 6.81. The minimum atomic E-state index is -3.54. The van der Waals surface area contributed by atoms with Crippen LogP contribution in [0.4, 0.5) is 0 Å². The van der Waals surface area contributed by atoms with Gasteiger partial charge in [0.15, 0.2) is 5.69 Å². The van der Waals surface area contributed by atoms with Gasteiger partial charge in [-0.3, -0.25) is 14.6 Å². The zero-order valence-electron chi connectivity index (χ0n) is 22.0. The Morgan fingerprint density at radius 1 is 0.947 bits per heavy atom. The maximum atomic E-state index is 14.0. The number of hydrogen-bond donors (Lipinski definition) is 1. The Morgan fingerprint density at radius 2 is 1.61 bits per heavy atom. The maximum Gasteiger partial charge on any atom is 0.282 e. The fraction of sp³-hybridized carbons (Fsp3) is 0.846. The molecule has 5 atom stereocenters. The van der Waals surface area contributed by atoms with E-state index < -0.39 is 10.2 Å². The summed E-state index contributed by atoms with van der Waals surface area (Å²) in [5.74, 6) is 0.993. The predicted octanol–water partition coefficient (Wildman–Crippen LogP) is 1.00. The van der Waals surface area contributed by atoms with Crippen molar-refractivity contribution < 1.29 is 22.5 Å².